The van der Waals surface area contributed by atoms with Crippen LogP contribution in [-0.4, -0.2) is 41.6 Å². The Morgan fingerprint density at radius 3 is 2.62 bits per heavy atom. The monoisotopic (exact) mass is 291 g/mol. The van der Waals surface area contributed by atoms with Crippen LogP contribution in [0.5, 0.6) is 5.75 Å². The molecule has 0 bridgehead atoms. The molecule has 1 aliphatic heterocycles. The van der Waals surface area contributed by atoms with Crippen molar-refractivity contribution in [2.24, 2.45) is 11.8 Å². The third-order valence-electron chi connectivity index (χ3n) is 4.04. The topological polar surface area (TPSA) is 66.8 Å². The smallest absolute Gasteiger partial charge is 0.306 e. The number of ether oxygens (including phenoxy) is 1. The number of likely N-dealkylation sites (tertiary alicyclic amines) is 1. The maximum absolute atomic E-state index is 12.0. The van der Waals surface area contributed by atoms with Crippen LogP contribution in [0.15, 0.2) is 18.2 Å². The molecule has 0 aromatic heterocycles. The lowest BCUT2D eigenvalue weighted by Gasteiger charge is -2.41. The predicted octanol–water partition coefficient (Wildman–Crippen LogP) is 1.86. The minimum atomic E-state index is -0.807. The molecule has 1 fully saturated rings. The van der Waals surface area contributed by atoms with Crippen LogP contribution in [-0.2, 0) is 9.59 Å². The molecular formula is C16H21NO4. The lowest BCUT2D eigenvalue weighted by atomic mass is 9.87. The Morgan fingerprint density at radius 1 is 1.38 bits per heavy atom. The van der Waals surface area contributed by atoms with Crippen molar-refractivity contribution in [2.45, 2.75) is 20.8 Å². The SMILES string of the molecule is Cc1ccc(OCC(=O)N2CC(C(C)C(=O)O)C2)c(C)c1. The molecule has 5 heteroatoms. The first-order valence-electron chi connectivity index (χ1n) is 7.09. The molecular weight excluding hydrogens is 270 g/mol. The maximum atomic E-state index is 12.0. The first-order valence-corrected chi connectivity index (χ1v) is 7.09. The van der Waals surface area contributed by atoms with Crippen molar-refractivity contribution in [2.75, 3.05) is 19.7 Å². The molecule has 1 N–H and O–H groups in total. The second-order valence-corrected chi connectivity index (χ2v) is 5.74. The quantitative estimate of drug-likeness (QED) is 0.899. The van der Waals surface area contributed by atoms with E-state index in [0.717, 1.165) is 11.1 Å². The molecule has 1 aliphatic rings. The molecule has 1 aromatic rings. The van der Waals surface area contributed by atoms with E-state index in [1.54, 1.807) is 11.8 Å². The van der Waals surface area contributed by atoms with Gasteiger partial charge in [-0.15, -0.1) is 0 Å². The fourth-order valence-corrected chi connectivity index (χ4v) is 2.43. The molecule has 5 nitrogen and oxygen atoms in total. The van der Waals surface area contributed by atoms with Crippen molar-refractivity contribution < 1.29 is 19.4 Å². The number of amides is 1. The highest BCUT2D eigenvalue weighted by atomic mass is 16.5. The number of hydrogen-bond acceptors (Lipinski definition) is 3. The largest absolute Gasteiger partial charge is 0.484 e. The van der Waals surface area contributed by atoms with Crippen molar-refractivity contribution in [1.82, 2.24) is 4.90 Å². The number of carbonyl (C=O) groups excluding carboxylic acids is 1. The summed E-state index contributed by atoms with van der Waals surface area (Å²) < 4.78 is 5.55. The number of aryl methyl sites for hydroxylation is 2. The number of nitrogens with zero attached hydrogens (tertiary/aromatic N) is 1. The fraction of sp³-hybridized carbons (Fsp3) is 0.500. The lowest BCUT2D eigenvalue weighted by Crippen LogP contribution is -2.54. The third kappa shape index (κ3) is 3.54. The number of hydrogen-bond donors (Lipinski definition) is 1. The summed E-state index contributed by atoms with van der Waals surface area (Å²) >= 11 is 0. The zero-order valence-electron chi connectivity index (χ0n) is 12.6. The van der Waals surface area contributed by atoms with Crippen LogP contribution in [0.3, 0.4) is 0 Å². The molecule has 114 valence electrons. The molecule has 0 spiro atoms. The van der Waals surface area contributed by atoms with E-state index in [-0.39, 0.29) is 18.4 Å². The average Bonchev–Trinajstić information content (AvgIpc) is 2.35. The minimum absolute atomic E-state index is 0.00191. The van der Waals surface area contributed by atoms with Gasteiger partial charge in [0.15, 0.2) is 6.61 Å². The van der Waals surface area contributed by atoms with E-state index in [4.69, 9.17) is 9.84 Å². The van der Waals surface area contributed by atoms with Crippen LogP contribution < -0.4 is 4.74 Å². The van der Waals surface area contributed by atoms with Crippen molar-refractivity contribution in [3.63, 3.8) is 0 Å². The molecule has 2 rings (SSSR count). The van der Waals surface area contributed by atoms with Gasteiger partial charge in [-0.25, -0.2) is 0 Å². The molecule has 1 atom stereocenters. The normalized spacial score (nSPS) is 16.2. The Balaban J connectivity index is 1.80. The number of carboxylic acids is 1. The maximum Gasteiger partial charge on any atom is 0.306 e. The summed E-state index contributed by atoms with van der Waals surface area (Å²) in [6.45, 7) is 6.64. The summed E-state index contributed by atoms with van der Waals surface area (Å²) in [7, 11) is 0. The van der Waals surface area contributed by atoms with Crippen molar-refractivity contribution in [3.8, 4) is 5.75 Å². The van der Waals surface area contributed by atoms with Gasteiger partial charge in [0.2, 0.25) is 0 Å². The van der Waals surface area contributed by atoms with Gasteiger partial charge in [0, 0.05) is 19.0 Å². The molecule has 1 unspecified atom stereocenters. The highest BCUT2D eigenvalue weighted by Gasteiger charge is 2.37. The van der Waals surface area contributed by atoms with E-state index >= 15 is 0 Å². The molecule has 0 aliphatic carbocycles. The van der Waals surface area contributed by atoms with Crippen LogP contribution >= 0.6 is 0 Å². The van der Waals surface area contributed by atoms with Gasteiger partial charge in [-0.3, -0.25) is 9.59 Å². The van der Waals surface area contributed by atoms with E-state index in [9.17, 15) is 9.59 Å². The first-order chi connectivity index (χ1) is 9.88. The lowest BCUT2D eigenvalue weighted by molar-refractivity contribution is -0.151. The fourth-order valence-electron chi connectivity index (χ4n) is 2.43. The average molecular weight is 291 g/mol. The van der Waals surface area contributed by atoms with Crippen LogP contribution in [0.1, 0.15) is 18.1 Å². The van der Waals surface area contributed by atoms with Gasteiger partial charge in [0.25, 0.3) is 5.91 Å². The Hall–Kier alpha value is -2.04. The summed E-state index contributed by atoms with van der Waals surface area (Å²) in [5.74, 6) is -0.547. The van der Waals surface area contributed by atoms with E-state index in [0.29, 0.717) is 18.8 Å². The second kappa shape index (κ2) is 6.16. The summed E-state index contributed by atoms with van der Waals surface area (Å²) in [4.78, 5) is 24.5. The number of aliphatic carboxylic acids is 1. The second-order valence-electron chi connectivity index (χ2n) is 5.74. The van der Waals surface area contributed by atoms with E-state index in [1.807, 2.05) is 32.0 Å². The van der Waals surface area contributed by atoms with Gasteiger partial charge in [-0.2, -0.15) is 0 Å². The molecule has 1 aromatic carbocycles. The van der Waals surface area contributed by atoms with Crippen molar-refractivity contribution in [1.29, 1.82) is 0 Å². The van der Waals surface area contributed by atoms with Crippen LogP contribution in [0.2, 0.25) is 0 Å². The van der Waals surface area contributed by atoms with Crippen LogP contribution in [0.4, 0.5) is 0 Å². The molecule has 0 radical (unpaired) electrons. The Kier molecular flexibility index (Phi) is 4.50. The Morgan fingerprint density at radius 2 is 2.05 bits per heavy atom. The zero-order valence-corrected chi connectivity index (χ0v) is 12.6. The standard InChI is InChI=1S/C16H21NO4/c1-10-4-5-14(11(2)6-10)21-9-15(18)17-7-13(8-17)12(3)16(19)20/h4-6,12-13H,7-9H2,1-3H3,(H,19,20). The van der Waals surface area contributed by atoms with E-state index in [2.05, 4.69) is 0 Å². The van der Waals surface area contributed by atoms with Crippen LogP contribution in [0.25, 0.3) is 0 Å². The van der Waals surface area contributed by atoms with Gasteiger partial charge < -0.3 is 14.7 Å². The molecule has 1 heterocycles. The zero-order chi connectivity index (χ0) is 15.6. The van der Waals surface area contributed by atoms with E-state index < -0.39 is 11.9 Å². The first kappa shape index (κ1) is 15.4. The minimum Gasteiger partial charge on any atom is -0.484 e. The van der Waals surface area contributed by atoms with Crippen molar-refractivity contribution >= 4 is 11.9 Å². The van der Waals surface area contributed by atoms with Crippen molar-refractivity contribution in [3.05, 3.63) is 29.3 Å². The summed E-state index contributed by atoms with van der Waals surface area (Å²) in [6, 6.07) is 5.82. The van der Waals surface area contributed by atoms with Gasteiger partial charge in [0.1, 0.15) is 5.75 Å². The Bertz CT molecular complexity index is 549. The Labute approximate surface area is 124 Å². The highest BCUT2D eigenvalue weighted by molar-refractivity contribution is 5.79. The number of carbonyl (C=O) groups is 2. The van der Waals surface area contributed by atoms with E-state index in [1.165, 1.54) is 0 Å². The highest BCUT2D eigenvalue weighted by Crippen LogP contribution is 2.24. The molecule has 0 saturated carbocycles. The molecule has 1 amide bonds. The number of carboxylic acid groups (broad SMARTS) is 1. The third-order valence-corrected chi connectivity index (χ3v) is 4.04. The van der Waals surface area contributed by atoms with Gasteiger partial charge in [-0.1, -0.05) is 24.6 Å². The van der Waals surface area contributed by atoms with Gasteiger partial charge in [0.05, 0.1) is 5.92 Å². The summed E-state index contributed by atoms with van der Waals surface area (Å²) in [5.41, 5.74) is 2.16. The number of benzene rings is 1. The number of rotatable bonds is 5. The molecule has 1 saturated heterocycles. The summed E-state index contributed by atoms with van der Waals surface area (Å²) in [6.07, 6.45) is 0. The van der Waals surface area contributed by atoms with Gasteiger partial charge >= 0.3 is 5.97 Å². The summed E-state index contributed by atoms with van der Waals surface area (Å²) in [5, 5.41) is 8.92. The molecule has 21 heavy (non-hydrogen) atoms. The van der Waals surface area contributed by atoms with Crippen LogP contribution in [0, 0.1) is 25.7 Å². The predicted molar refractivity (Wildman–Crippen MR) is 78.3 cm³/mol. The van der Waals surface area contributed by atoms with Gasteiger partial charge in [-0.05, 0) is 25.5 Å².